The van der Waals surface area contributed by atoms with E-state index in [0.29, 0.717) is 10.8 Å². The summed E-state index contributed by atoms with van der Waals surface area (Å²) in [6, 6.07) is 11.9. The van der Waals surface area contributed by atoms with Crippen molar-refractivity contribution in [2.24, 2.45) is 0 Å². The lowest BCUT2D eigenvalue weighted by Gasteiger charge is -2.05. The molecule has 0 atom stereocenters. The van der Waals surface area contributed by atoms with E-state index in [9.17, 15) is 14.7 Å². The number of nitrogens with zero attached hydrogens (tertiary/aromatic N) is 1. The van der Waals surface area contributed by atoms with Gasteiger partial charge in [0.05, 0.1) is 16.6 Å². The van der Waals surface area contributed by atoms with Gasteiger partial charge in [0.15, 0.2) is 5.13 Å². The van der Waals surface area contributed by atoms with E-state index in [-0.39, 0.29) is 24.0 Å². The number of benzene rings is 2. The van der Waals surface area contributed by atoms with Crippen LogP contribution in [0.25, 0.3) is 10.2 Å². The van der Waals surface area contributed by atoms with Gasteiger partial charge in [-0.25, -0.2) is 4.98 Å². The van der Waals surface area contributed by atoms with E-state index in [0.717, 1.165) is 15.8 Å². The Bertz CT molecular complexity index is 948. The Morgan fingerprint density at radius 2 is 1.92 bits per heavy atom. The topological polar surface area (TPSA) is 91.3 Å². The molecule has 0 aliphatic carbocycles. The zero-order valence-corrected chi connectivity index (χ0v) is 14.0. The van der Waals surface area contributed by atoms with Gasteiger partial charge in [0.2, 0.25) is 11.8 Å². The molecule has 7 heteroatoms. The third-order valence-corrected chi connectivity index (χ3v) is 4.32. The zero-order valence-electron chi connectivity index (χ0n) is 13.2. The maximum absolute atomic E-state index is 12.2. The van der Waals surface area contributed by atoms with Crippen molar-refractivity contribution < 1.29 is 14.7 Å². The fourth-order valence-electron chi connectivity index (χ4n) is 2.21. The van der Waals surface area contributed by atoms with Crippen LogP contribution in [0.2, 0.25) is 0 Å². The molecule has 0 unspecified atom stereocenters. The second-order valence-electron chi connectivity index (χ2n) is 5.29. The Hall–Kier alpha value is -3.19. The molecular formula is C18H15N3O3S. The summed E-state index contributed by atoms with van der Waals surface area (Å²) >= 11 is 1.30. The van der Waals surface area contributed by atoms with Crippen LogP contribution in [-0.4, -0.2) is 21.9 Å². The number of hydrogen-bond donors (Lipinski definition) is 3. The second kappa shape index (κ2) is 7.14. The first kappa shape index (κ1) is 16.7. The van der Waals surface area contributed by atoms with E-state index in [2.05, 4.69) is 22.2 Å². The summed E-state index contributed by atoms with van der Waals surface area (Å²) in [6.07, 6.45) is 1.38. The van der Waals surface area contributed by atoms with Gasteiger partial charge in [-0.2, -0.15) is 0 Å². The number of carbonyl (C=O) groups excluding carboxylic acids is 2. The van der Waals surface area contributed by atoms with Gasteiger partial charge in [-0.05, 0) is 42.0 Å². The van der Waals surface area contributed by atoms with Gasteiger partial charge < -0.3 is 15.7 Å². The van der Waals surface area contributed by atoms with Gasteiger partial charge in [0.1, 0.15) is 5.75 Å². The number of phenolic OH excluding ortho intramolecular Hbond substituents is 1. The SMILES string of the molecule is C=CC(=O)Nc1ccc(CC(=O)Nc2nc3ccc(O)cc3s2)cc1. The van der Waals surface area contributed by atoms with E-state index >= 15 is 0 Å². The largest absolute Gasteiger partial charge is 0.508 e. The molecule has 2 aromatic carbocycles. The lowest BCUT2D eigenvalue weighted by molar-refractivity contribution is -0.115. The van der Waals surface area contributed by atoms with Crippen LogP contribution in [-0.2, 0) is 16.0 Å². The highest BCUT2D eigenvalue weighted by atomic mass is 32.1. The molecule has 25 heavy (non-hydrogen) atoms. The molecule has 2 amide bonds. The minimum absolute atomic E-state index is 0.165. The van der Waals surface area contributed by atoms with Crippen LogP contribution in [0.4, 0.5) is 10.8 Å². The molecule has 3 rings (SSSR count). The summed E-state index contributed by atoms with van der Waals surface area (Å²) in [5.74, 6) is -0.309. The number of carbonyl (C=O) groups is 2. The monoisotopic (exact) mass is 353 g/mol. The molecule has 1 aromatic heterocycles. The molecule has 0 saturated heterocycles. The molecule has 0 radical (unpaired) electrons. The van der Waals surface area contributed by atoms with Gasteiger partial charge in [-0.1, -0.05) is 30.0 Å². The molecule has 0 spiro atoms. The maximum Gasteiger partial charge on any atom is 0.247 e. The standard InChI is InChI=1S/C18H15N3O3S/c1-2-16(23)19-12-5-3-11(4-6-12)9-17(24)21-18-20-14-8-7-13(22)10-15(14)25-18/h2-8,10,22H,1,9H2,(H,19,23)(H,20,21,24). The van der Waals surface area contributed by atoms with Crippen molar-refractivity contribution in [2.75, 3.05) is 10.6 Å². The highest BCUT2D eigenvalue weighted by Crippen LogP contribution is 2.28. The number of rotatable bonds is 5. The molecule has 3 aromatic rings. The lowest BCUT2D eigenvalue weighted by atomic mass is 10.1. The molecule has 0 fully saturated rings. The van der Waals surface area contributed by atoms with E-state index in [1.165, 1.54) is 17.4 Å². The third kappa shape index (κ3) is 4.21. The Kier molecular flexibility index (Phi) is 4.76. The van der Waals surface area contributed by atoms with Crippen LogP contribution in [0.5, 0.6) is 5.75 Å². The Balaban J connectivity index is 1.63. The molecule has 3 N–H and O–H groups in total. The number of phenols is 1. The Morgan fingerprint density at radius 3 is 2.64 bits per heavy atom. The summed E-state index contributed by atoms with van der Waals surface area (Å²) < 4.78 is 0.803. The molecule has 0 saturated carbocycles. The van der Waals surface area contributed by atoms with Crippen molar-refractivity contribution in [1.29, 1.82) is 0 Å². The van der Waals surface area contributed by atoms with Gasteiger partial charge in [0.25, 0.3) is 0 Å². The first-order valence-corrected chi connectivity index (χ1v) is 8.27. The highest BCUT2D eigenvalue weighted by Gasteiger charge is 2.09. The minimum atomic E-state index is -0.285. The number of thiazole rings is 1. The van der Waals surface area contributed by atoms with Crippen molar-refractivity contribution >= 4 is 44.2 Å². The molecule has 1 heterocycles. The fraction of sp³-hybridized carbons (Fsp3) is 0.0556. The van der Waals surface area contributed by atoms with E-state index in [1.807, 2.05) is 0 Å². The molecule has 0 aliphatic heterocycles. The maximum atomic E-state index is 12.2. The second-order valence-corrected chi connectivity index (χ2v) is 6.32. The Morgan fingerprint density at radius 1 is 1.16 bits per heavy atom. The van der Waals surface area contributed by atoms with Crippen molar-refractivity contribution in [2.45, 2.75) is 6.42 Å². The van der Waals surface area contributed by atoms with E-state index in [1.54, 1.807) is 42.5 Å². The van der Waals surface area contributed by atoms with Gasteiger partial charge in [0, 0.05) is 5.69 Å². The average molecular weight is 353 g/mol. The number of aromatic nitrogens is 1. The summed E-state index contributed by atoms with van der Waals surface area (Å²) in [7, 11) is 0. The van der Waals surface area contributed by atoms with Gasteiger partial charge >= 0.3 is 0 Å². The summed E-state index contributed by atoms with van der Waals surface area (Å²) in [5.41, 5.74) is 2.17. The van der Waals surface area contributed by atoms with Crippen molar-refractivity contribution in [3.05, 3.63) is 60.7 Å². The zero-order chi connectivity index (χ0) is 17.8. The predicted octanol–water partition coefficient (Wildman–Crippen LogP) is 3.31. The lowest BCUT2D eigenvalue weighted by Crippen LogP contribution is -2.14. The van der Waals surface area contributed by atoms with Gasteiger partial charge in [-0.3, -0.25) is 9.59 Å². The summed E-state index contributed by atoms with van der Waals surface area (Å²) in [4.78, 5) is 27.7. The van der Waals surface area contributed by atoms with Crippen LogP contribution >= 0.6 is 11.3 Å². The van der Waals surface area contributed by atoms with E-state index in [4.69, 9.17) is 0 Å². The average Bonchev–Trinajstić information content (AvgIpc) is 2.97. The van der Waals surface area contributed by atoms with Crippen LogP contribution in [0.1, 0.15) is 5.56 Å². The smallest absolute Gasteiger partial charge is 0.247 e. The minimum Gasteiger partial charge on any atom is -0.508 e. The summed E-state index contributed by atoms with van der Waals surface area (Å²) in [5, 5.41) is 15.4. The number of amides is 2. The molecule has 0 bridgehead atoms. The quantitative estimate of drug-likeness (QED) is 0.614. The molecular weight excluding hydrogens is 338 g/mol. The normalized spacial score (nSPS) is 10.4. The Labute approximate surface area is 147 Å². The van der Waals surface area contributed by atoms with Crippen molar-refractivity contribution in [3.63, 3.8) is 0 Å². The van der Waals surface area contributed by atoms with Crippen LogP contribution < -0.4 is 10.6 Å². The van der Waals surface area contributed by atoms with Gasteiger partial charge in [-0.15, -0.1) is 0 Å². The first-order valence-electron chi connectivity index (χ1n) is 7.45. The van der Waals surface area contributed by atoms with Crippen molar-refractivity contribution in [1.82, 2.24) is 4.98 Å². The first-order chi connectivity index (χ1) is 12.0. The third-order valence-electron chi connectivity index (χ3n) is 3.39. The highest BCUT2D eigenvalue weighted by molar-refractivity contribution is 7.22. The molecule has 126 valence electrons. The van der Waals surface area contributed by atoms with Crippen LogP contribution in [0.3, 0.4) is 0 Å². The number of aromatic hydroxyl groups is 1. The number of anilines is 2. The number of fused-ring (bicyclic) bond motifs is 1. The van der Waals surface area contributed by atoms with Crippen LogP contribution in [0.15, 0.2) is 55.1 Å². The fourth-order valence-corrected chi connectivity index (χ4v) is 3.13. The van der Waals surface area contributed by atoms with Crippen LogP contribution in [0, 0.1) is 0 Å². The summed E-state index contributed by atoms with van der Waals surface area (Å²) in [6.45, 7) is 3.39. The number of nitrogens with one attached hydrogen (secondary N) is 2. The predicted molar refractivity (Wildman–Crippen MR) is 98.9 cm³/mol. The number of hydrogen-bond acceptors (Lipinski definition) is 5. The van der Waals surface area contributed by atoms with Crippen molar-refractivity contribution in [3.8, 4) is 5.75 Å². The van der Waals surface area contributed by atoms with E-state index < -0.39 is 0 Å². The molecule has 6 nitrogen and oxygen atoms in total. The molecule has 0 aliphatic rings.